The molecule has 0 spiro atoms. The molecule has 2 N–H and O–H groups in total. The molecule has 1 unspecified atom stereocenters. The van der Waals surface area contributed by atoms with Crippen LogP contribution in [0.1, 0.15) is 10.4 Å². The number of carboxylic acids is 1. The second kappa shape index (κ2) is 6.69. The molecule has 1 atom stereocenters. The van der Waals surface area contributed by atoms with Gasteiger partial charge in [-0.1, -0.05) is 0 Å². The minimum atomic E-state index is -1.12. The van der Waals surface area contributed by atoms with E-state index in [9.17, 15) is 9.59 Å². The third kappa shape index (κ3) is 4.22. The summed E-state index contributed by atoms with van der Waals surface area (Å²) in [6, 6.07) is 3.33. The van der Waals surface area contributed by atoms with Gasteiger partial charge < -0.3 is 20.1 Å². The Hall–Kier alpha value is -2.15. The normalized spacial score (nSPS) is 11.7. The van der Waals surface area contributed by atoms with Gasteiger partial charge in [0.05, 0.1) is 12.1 Å². The highest BCUT2D eigenvalue weighted by atomic mass is 16.5. The van der Waals surface area contributed by atoms with Gasteiger partial charge in [0.25, 0.3) is 5.91 Å². The van der Waals surface area contributed by atoms with Crippen LogP contribution in [0.15, 0.2) is 18.3 Å². The summed E-state index contributed by atoms with van der Waals surface area (Å²) in [4.78, 5) is 28.4. The van der Waals surface area contributed by atoms with Gasteiger partial charge in [-0.15, -0.1) is 0 Å². The van der Waals surface area contributed by atoms with Crippen molar-refractivity contribution in [3.63, 3.8) is 0 Å². The Bertz CT molecular complexity index is 445. The fourth-order valence-electron chi connectivity index (χ4n) is 1.34. The molecule has 0 aliphatic rings. The zero-order valence-electron chi connectivity index (χ0n) is 11.1. The number of nitrogens with zero attached hydrogens (tertiary/aromatic N) is 2. The van der Waals surface area contributed by atoms with E-state index in [2.05, 4.69) is 10.3 Å². The van der Waals surface area contributed by atoms with Gasteiger partial charge in [-0.25, -0.2) is 9.78 Å². The fourth-order valence-corrected chi connectivity index (χ4v) is 1.34. The zero-order valence-corrected chi connectivity index (χ0v) is 11.1. The van der Waals surface area contributed by atoms with Crippen molar-refractivity contribution < 1.29 is 19.4 Å². The highest BCUT2D eigenvalue weighted by molar-refractivity contribution is 5.94. The molecule has 0 saturated heterocycles. The zero-order chi connectivity index (χ0) is 14.4. The van der Waals surface area contributed by atoms with Gasteiger partial charge in [-0.05, 0) is 12.1 Å². The van der Waals surface area contributed by atoms with Gasteiger partial charge in [0.2, 0.25) is 0 Å². The number of carbonyl (C=O) groups excluding carboxylic acids is 1. The highest BCUT2D eigenvalue weighted by Gasteiger charge is 2.17. The summed E-state index contributed by atoms with van der Waals surface area (Å²) in [7, 11) is 4.97. The smallest absolute Gasteiger partial charge is 0.334 e. The Kier molecular flexibility index (Phi) is 5.25. The maximum atomic E-state index is 11.8. The van der Waals surface area contributed by atoms with E-state index in [1.54, 1.807) is 12.1 Å². The number of ether oxygens (including phenoxy) is 1. The van der Waals surface area contributed by atoms with Gasteiger partial charge in [0, 0.05) is 27.4 Å². The summed E-state index contributed by atoms with van der Waals surface area (Å²) in [6.07, 6.45) is 0.380. The quantitative estimate of drug-likeness (QED) is 0.752. The second-order valence-electron chi connectivity index (χ2n) is 4.07. The van der Waals surface area contributed by atoms with Crippen LogP contribution < -0.4 is 10.2 Å². The fraction of sp³-hybridized carbons (Fsp3) is 0.417. The number of aromatic nitrogens is 1. The van der Waals surface area contributed by atoms with Crippen LogP contribution in [0.4, 0.5) is 5.82 Å². The van der Waals surface area contributed by atoms with Gasteiger partial charge in [-0.3, -0.25) is 4.79 Å². The van der Waals surface area contributed by atoms with Crippen molar-refractivity contribution in [2.45, 2.75) is 6.10 Å². The Balaban J connectivity index is 2.61. The Morgan fingerprint density at radius 3 is 2.58 bits per heavy atom. The van der Waals surface area contributed by atoms with E-state index in [0.717, 1.165) is 5.82 Å². The number of amides is 1. The molecular formula is C12H17N3O4. The molecule has 1 heterocycles. The molecule has 0 radical (unpaired) electrons. The van der Waals surface area contributed by atoms with Gasteiger partial charge in [-0.2, -0.15) is 0 Å². The highest BCUT2D eigenvalue weighted by Crippen LogP contribution is 2.07. The van der Waals surface area contributed by atoms with E-state index >= 15 is 0 Å². The summed E-state index contributed by atoms with van der Waals surface area (Å²) in [5, 5.41) is 11.2. The number of methoxy groups -OCH3 is 1. The van der Waals surface area contributed by atoms with E-state index in [1.807, 2.05) is 19.0 Å². The molecule has 7 nitrogen and oxygen atoms in total. The lowest BCUT2D eigenvalue weighted by molar-refractivity contribution is -0.148. The minimum absolute atomic E-state index is 0.0971. The van der Waals surface area contributed by atoms with Crippen LogP contribution in [0.2, 0.25) is 0 Å². The average molecular weight is 267 g/mol. The third-order valence-corrected chi connectivity index (χ3v) is 2.48. The van der Waals surface area contributed by atoms with E-state index in [-0.39, 0.29) is 12.5 Å². The summed E-state index contributed by atoms with van der Waals surface area (Å²) in [5.74, 6) is -0.776. The number of pyridine rings is 1. The first kappa shape index (κ1) is 14.9. The topological polar surface area (TPSA) is 91.8 Å². The van der Waals surface area contributed by atoms with Crippen molar-refractivity contribution in [1.29, 1.82) is 0 Å². The van der Waals surface area contributed by atoms with Gasteiger partial charge in [0.1, 0.15) is 5.82 Å². The molecule has 1 aromatic rings. The number of carbonyl (C=O) groups is 2. The molecule has 1 aromatic heterocycles. The van der Waals surface area contributed by atoms with Gasteiger partial charge in [0.15, 0.2) is 6.10 Å². The number of aliphatic carboxylic acids is 1. The lowest BCUT2D eigenvalue weighted by Gasteiger charge is -2.13. The Morgan fingerprint density at radius 2 is 2.16 bits per heavy atom. The van der Waals surface area contributed by atoms with E-state index in [1.165, 1.54) is 13.3 Å². The van der Waals surface area contributed by atoms with Crippen molar-refractivity contribution in [1.82, 2.24) is 10.3 Å². The Morgan fingerprint density at radius 1 is 1.47 bits per heavy atom. The first-order valence-electron chi connectivity index (χ1n) is 5.63. The lowest BCUT2D eigenvalue weighted by Crippen LogP contribution is -2.37. The molecule has 104 valence electrons. The summed E-state index contributed by atoms with van der Waals surface area (Å²) in [5.41, 5.74) is 0.367. The lowest BCUT2D eigenvalue weighted by atomic mass is 10.2. The molecule has 7 heteroatoms. The van der Waals surface area contributed by atoms with Crippen molar-refractivity contribution in [3.8, 4) is 0 Å². The molecule has 19 heavy (non-hydrogen) atoms. The molecule has 0 fully saturated rings. The molecular weight excluding hydrogens is 250 g/mol. The SMILES string of the molecule is COC(CNC(=O)c1ccc(N(C)C)nc1)C(=O)O. The second-order valence-corrected chi connectivity index (χ2v) is 4.07. The number of nitrogens with one attached hydrogen (secondary N) is 1. The van der Waals surface area contributed by atoms with Crippen LogP contribution in [-0.2, 0) is 9.53 Å². The van der Waals surface area contributed by atoms with Gasteiger partial charge >= 0.3 is 5.97 Å². The van der Waals surface area contributed by atoms with E-state index in [0.29, 0.717) is 5.56 Å². The minimum Gasteiger partial charge on any atom is -0.479 e. The predicted molar refractivity (Wildman–Crippen MR) is 69.3 cm³/mol. The molecule has 0 aromatic carbocycles. The predicted octanol–water partition coefficient (Wildman–Crippen LogP) is -0.0230. The first-order chi connectivity index (χ1) is 8.95. The summed E-state index contributed by atoms with van der Waals surface area (Å²) >= 11 is 0. The van der Waals surface area contributed by atoms with E-state index in [4.69, 9.17) is 9.84 Å². The number of carboxylic acid groups (broad SMARTS) is 1. The maximum absolute atomic E-state index is 11.8. The number of hydrogen-bond acceptors (Lipinski definition) is 5. The van der Waals surface area contributed by atoms with Crippen LogP contribution in [0.5, 0.6) is 0 Å². The van der Waals surface area contributed by atoms with Crippen molar-refractivity contribution >= 4 is 17.7 Å². The monoisotopic (exact) mass is 267 g/mol. The molecule has 1 amide bonds. The van der Waals surface area contributed by atoms with Crippen LogP contribution in [0.25, 0.3) is 0 Å². The summed E-state index contributed by atoms with van der Waals surface area (Å²) < 4.78 is 4.71. The van der Waals surface area contributed by atoms with Crippen molar-refractivity contribution in [2.75, 3.05) is 32.6 Å². The molecule has 0 aliphatic carbocycles. The largest absolute Gasteiger partial charge is 0.479 e. The summed E-state index contributed by atoms with van der Waals surface area (Å²) in [6.45, 7) is -0.0971. The maximum Gasteiger partial charge on any atom is 0.334 e. The molecule has 1 rings (SSSR count). The third-order valence-electron chi connectivity index (χ3n) is 2.48. The van der Waals surface area contributed by atoms with Crippen molar-refractivity contribution in [3.05, 3.63) is 23.9 Å². The molecule has 0 saturated carbocycles. The van der Waals surface area contributed by atoms with Crippen molar-refractivity contribution in [2.24, 2.45) is 0 Å². The number of anilines is 1. The van der Waals surface area contributed by atoms with Crippen LogP contribution in [0, 0.1) is 0 Å². The average Bonchev–Trinajstić information content (AvgIpc) is 2.38. The van der Waals surface area contributed by atoms with Crippen LogP contribution in [0.3, 0.4) is 0 Å². The number of rotatable bonds is 6. The van der Waals surface area contributed by atoms with Crippen LogP contribution in [-0.4, -0.2) is 55.8 Å². The molecule has 0 bridgehead atoms. The first-order valence-corrected chi connectivity index (χ1v) is 5.63. The standard InChI is InChI=1S/C12H17N3O4/c1-15(2)10-5-4-8(6-13-10)11(16)14-7-9(19-3)12(17)18/h4-6,9H,7H2,1-3H3,(H,14,16)(H,17,18). The molecule has 0 aliphatic heterocycles. The van der Waals surface area contributed by atoms with E-state index < -0.39 is 12.1 Å². The van der Waals surface area contributed by atoms with Crippen LogP contribution >= 0.6 is 0 Å². The Labute approximate surface area is 111 Å². The number of hydrogen-bond donors (Lipinski definition) is 2.